The van der Waals surface area contributed by atoms with Crippen LogP contribution in [0, 0.1) is 0 Å². The summed E-state index contributed by atoms with van der Waals surface area (Å²) >= 11 is 4.75. The van der Waals surface area contributed by atoms with Crippen molar-refractivity contribution >= 4 is 27.3 Å². The van der Waals surface area contributed by atoms with Crippen LogP contribution in [-0.4, -0.2) is 20.0 Å². The third-order valence-corrected chi connectivity index (χ3v) is 2.76. The molecule has 0 aliphatic rings. The van der Waals surface area contributed by atoms with Crippen molar-refractivity contribution in [3.63, 3.8) is 0 Å². The van der Waals surface area contributed by atoms with Gasteiger partial charge >= 0.3 is 0 Å². The first-order valence-electron chi connectivity index (χ1n) is 3.24. The third-order valence-electron chi connectivity index (χ3n) is 1.35. The fourth-order valence-corrected chi connectivity index (χ4v) is 1.94. The summed E-state index contributed by atoms with van der Waals surface area (Å²) in [5, 5.41) is 12.7. The van der Waals surface area contributed by atoms with Gasteiger partial charge in [0.15, 0.2) is 8.92 Å². The Hall–Kier alpha value is -0.750. The van der Waals surface area contributed by atoms with E-state index < -0.39 is 0 Å². The minimum atomic E-state index is 0.793. The van der Waals surface area contributed by atoms with Crippen molar-refractivity contribution in [2.45, 2.75) is 0 Å². The minimum Gasteiger partial charge on any atom is -0.275 e. The van der Waals surface area contributed by atoms with Crippen LogP contribution in [0.4, 0.5) is 0 Å². The maximum Gasteiger partial charge on any atom is 0.183 e. The van der Waals surface area contributed by atoms with Crippen LogP contribution in [0.2, 0.25) is 0 Å². The number of aryl methyl sites for hydroxylation is 1. The van der Waals surface area contributed by atoms with Crippen molar-refractivity contribution in [2.75, 3.05) is 0 Å². The topological polar surface area (TPSA) is 43.6 Å². The zero-order valence-electron chi connectivity index (χ0n) is 6.23. The van der Waals surface area contributed by atoms with E-state index in [9.17, 15) is 0 Å². The lowest BCUT2D eigenvalue weighted by molar-refractivity contribution is 0.768. The van der Waals surface area contributed by atoms with Gasteiger partial charge in [0.2, 0.25) is 0 Å². The average molecular weight is 245 g/mol. The second-order valence-electron chi connectivity index (χ2n) is 2.26. The molecule has 12 heavy (non-hydrogen) atoms. The summed E-state index contributed by atoms with van der Waals surface area (Å²) in [6.45, 7) is 0. The van der Waals surface area contributed by atoms with Gasteiger partial charge in [-0.3, -0.25) is 4.68 Å². The second kappa shape index (κ2) is 2.95. The highest BCUT2D eigenvalue weighted by Crippen LogP contribution is 2.25. The van der Waals surface area contributed by atoms with E-state index in [0.29, 0.717) is 0 Å². The van der Waals surface area contributed by atoms with Gasteiger partial charge in [0.25, 0.3) is 0 Å². The monoisotopic (exact) mass is 244 g/mol. The van der Waals surface area contributed by atoms with Crippen LogP contribution < -0.4 is 0 Å². The molecular formula is C6H5BrN4S. The van der Waals surface area contributed by atoms with Crippen LogP contribution in [0.25, 0.3) is 10.6 Å². The molecule has 0 saturated carbocycles. The highest BCUT2D eigenvalue weighted by Gasteiger charge is 2.05. The van der Waals surface area contributed by atoms with Gasteiger partial charge in [-0.1, -0.05) is 11.3 Å². The van der Waals surface area contributed by atoms with Crippen LogP contribution in [0.1, 0.15) is 0 Å². The van der Waals surface area contributed by atoms with Crippen molar-refractivity contribution < 1.29 is 0 Å². The van der Waals surface area contributed by atoms with Gasteiger partial charge in [-0.2, -0.15) is 5.10 Å². The Kier molecular flexibility index (Phi) is 1.93. The summed E-state index contributed by atoms with van der Waals surface area (Å²) in [7, 11) is 1.87. The Labute approximate surface area is 81.4 Å². The Morgan fingerprint density at radius 2 is 2.33 bits per heavy atom. The summed E-state index contributed by atoms with van der Waals surface area (Å²) < 4.78 is 2.53. The molecule has 0 bridgehead atoms. The number of halogens is 1. The first kappa shape index (κ1) is 7.88. The van der Waals surface area contributed by atoms with E-state index in [-0.39, 0.29) is 0 Å². The molecule has 0 unspecified atom stereocenters. The van der Waals surface area contributed by atoms with Crippen LogP contribution in [-0.2, 0) is 7.05 Å². The molecule has 0 atom stereocenters. The molecule has 0 saturated heterocycles. The minimum absolute atomic E-state index is 0.793. The summed E-state index contributed by atoms with van der Waals surface area (Å²) in [6, 6.07) is 0. The van der Waals surface area contributed by atoms with Gasteiger partial charge in [0.05, 0.1) is 11.8 Å². The molecule has 0 radical (unpaired) electrons. The van der Waals surface area contributed by atoms with Crippen molar-refractivity contribution in [3.8, 4) is 10.6 Å². The molecule has 2 heterocycles. The summed E-state index contributed by atoms with van der Waals surface area (Å²) in [6.07, 6.45) is 3.68. The first-order chi connectivity index (χ1) is 5.75. The van der Waals surface area contributed by atoms with Crippen LogP contribution >= 0.6 is 27.3 Å². The van der Waals surface area contributed by atoms with Gasteiger partial charge in [-0.15, -0.1) is 10.2 Å². The zero-order chi connectivity index (χ0) is 8.55. The predicted octanol–water partition coefficient (Wildman–Crippen LogP) is 1.70. The van der Waals surface area contributed by atoms with E-state index in [4.69, 9.17) is 0 Å². The van der Waals surface area contributed by atoms with Crippen LogP contribution in [0.15, 0.2) is 16.3 Å². The molecule has 0 spiro atoms. The molecule has 4 nitrogen and oxygen atoms in total. The van der Waals surface area contributed by atoms with Gasteiger partial charge in [-0.25, -0.2) is 0 Å². The predicted molar refractivity (Wildman–Crippen MR) is 49.8 cm³/mol. The van der Waals surface area contributed by atoms with E-state index in [0.717, 1.165) is 14.5 Å². The van der Waals surface area contributed by atoms with E-state index in [1.807, 2.05) is 13.2 Å². The smallest absolute Gasteiger partial charge is 0.183 e. The van der Waals surface area contributed by atoms with Crippen molar-refractivity contribution in [1.29, 1.82) is 0 Å². The van der Waals surface area contributed by atoms with Gasteiger partial charge < -0.3 is 0 Å². The molecule has 0 aliphatic heterocycles. The highest BCUT2D eigenvalue weighted by molar-refractivity contribution is 9.11. The fraction of sp³-hybridized carbons (Fsp3) is 0.167. The molecule has 2 rings (SSSR count). The second-order valence-corrected chi connectivity index (χ2v) is 4.52. The van der Waals surface area contributed by atoms with Gasteiger partial charge in [0.1, 0.15) is 0 Å². The molecule has 0 amide bonds. The average Bonchev–Trinajstić information content (AvgIpc) is 2.58. The molecule has 0 aliphatic carbocycles. The normalized spacial score (nSPS) is 10.5. The maximum atomic E-state index is 4.04. The lowest BCUT2D eigenvalue weighted by Crippen LogP contribution is -1.83. The Morgan fingerprint density at radius 3 is 2.83 bits per heavy atom. The summed E-state index contributed by atoms with van der Waals surface area (Å²) in [5.74, 6) is 0. The first-order valence-corrected chi connectivity index (χ1v) is 4.84. The van der Waals surface area contributed by atoms with Gasteiger partial charge in [-0.05, 0) is 15.9 Å². The zero-order valence-corrected chi connectivity index (χ0v) is 8.63. The van der Waals surface area contributed by atoms with Gasteiger partial charge in [0, 0.05) is 13.2 Å². The molecule has 62 valence electrons. The van der Waals surface area contributed by atoms with Crippen molar-refractivity contribution in [1.82, 2.24) is 20.0 Å². The molecule has 2 aromatic heterocycles. The number of rotatable bonds is 1. The summed E-state index contributed by atoms with van der Waals surface area (Å²) in [5.41, 5.74) is 1.00. The number of hydrogen-bond donors (Lipinski definition) is 0. The summed E-state index contributed by atoms with van der Waals surface area (Å²) in [4.78, 5) is 0. The van der Waals surface area contributed by atoms with E-state index >= 15 is 0 Å². The maximum absolute atomic E-state index is 4.04. The Balaban J connectivity index is 2.43. The third kappa shape index (κ3) is 1.39. The van der Waals surface area contributed by atoms with E-state index in [2.05, 4.69) is 31.2 Å². The number of hydrogen-bond acceptors (Lipinski definition) is 4. The highest BCUT2D eigenvalue weighted by atomic mass is 79.9. The molecule has 0 N–H and O–H groups in total. The van der Waals surface area contributed by atoms with Crippen molar-refractivity contribution in [2.24, 2.45) is 7.05 Å². The van der Waals surface area contributed by atoms with Crippen LogP contribution in [0.5, 0.6) is 0 Å². The Bertz CT molecular complexity index is 355. The molecule has 2 aromatic rings. The molecule has 0 fully saturated rings. The quantitative estimate of drug-likeness (QED) is 0.768. The number of aromatic nitrogens is 4. The van der Waals surface area contributed by atoms with Crippen LogP contribution in [0.3, 0.4) is 0 Å². The molecular weight excluding hydrogens is 240 g/mol. The van der Waals surface area contributed by atoms with E-state index in [1.54, 1.807) is 10.9 Å². The standard InChI is InChI=1S/C6H5BrN4S/c1-11-3-4(2-8-11)5-9-10-6(7)12-5/h2-3H,1H3. The molecule has 6 heteroatoms. The lowest BCUT2D eigenvalue weighted by Gasteiger charge is -1.83. The van der Waals surface area contributed by atoms with Crippen molar-refractivity contribution in [3.05, 3.63) is 16.3 Å². The Morgan fingerprint density at radius 1 is 1.50 bits per heavy atom. The largest absolute Gasteiger partial charge is 0.275 e. The number of nitrogens with zero attached hydrogens (tertiary/aromatic N) is 4. The molecule has 0 aromatic carbocycles. The fourth-order valence-electron chi connectivity index (χ4n) is 0.854. The SMILES string of the molecule is Cn1cc(-c2nnc(Br)s2)cn1. The van der Waals surface area contributed by atoms with E-state index in [1.165, 1.54) is 11.3 Å². The lowest BCUT2D eigenvalue weighted by atomic mass is 10.4.